The lowest BCUT2D eigenvalue weighted by Crippen LogP contribution is -2.37. The van der Waals surface area contributed by atoms with Crippen molar-refractivity contribution >= 4 is 23.1 Å². The van der Waals surface area contributed by atoms with E-state index in [1.165, 1.54) is 24.1 Å². The van der Waals surface area contributed by atoms with Crippen molar-refractivity contribution in [2.45, 2.75) is 26.7 Å². The number of morpholine rings is 1. The van der Waals surface area contributed by atoms with Gasteiger partial charge in [-0.2, -0.15) is 4.98 Å². The van der Waals surface area contributed by atoms with Crippen molar-refractivity contribution in [3.8, 4) is 11.3 Å². The minimum absolute atomic E-state index is 0.686. The molecule has 7 nitrogen and oxygen atoms in total. The quantitative estimate of drug-likeness (QED) is 0.578. The molecule has 1 aliphatic heterocycles. The van der Waals surface area contributed by atoms with Gasteiger partial charge in [0.25, 0.3) is 0 Å². The molecule has 0 atom stereocenters. The number of hydrogen-bond donors (Lipinski definition) is 2. The minimum atomic E-state index is 0.686. The Morgan fingerprint density at radius 3 is 2.56 bits per heavy atom. The smallest absolute Gasteiger partial charge is 0.228 e. The van der Waals surface area contributed by atoms with Crippen LogP contribution < -0.4 is 15.5 Å². The number of hydrogen-bond acceptors (Lipinski definition) is 7. The summed E-state index contributed by atoms with van der Waals surface area (Å²) in [5, 5.41) is 6.99. The number of allylic oxidation sites excluding steroid dienone is 2. The zero-order valence-corrected chi connectivity index (χ0v) is 18.6. The molecule has 32 heavy (non-hydrogen) atoms. The van der Waals surface area contributed by atoms with Gasteiger partial charge in [0.1, 0.15) is 5.82 Å². The second-order valence-corrected chi connectivity index (χ2v) is 8.29. The fourth-order valence-electron chi connectivity index (χ4n) is 3.74. The second-order valence-electron chi connectivity index (χ2n) is 8.29. The van der Waals surface area contributed by atoms with Crippen LogP contribution in [0, 0.1) is 6.92 Å². The van der Waals surface area contributed by atoms with Crippen LogP contribution in [0.1, 0.15) is 25.5 Å². The van der Waals surface area contributed by atoms with E-state index < -0.39 is 0 Å². The normalized spacial score (nSPS) is 15.4. The van der Waals surface area contributed by atoms with E-state index in [0.29, 0.717) is 19.2 Å². The van der Waals surface area contributed by atoms with Gasteiger partial charge in [-0.25, -0.2) is 4.98 Å². The van der Waals surface area contributed by atoms with Gasteiger partial charge in [-0.15, -0.1) is 0 Å². The highest BCUT2D eigenvalue weighted by atomic mass is 16.5. The van der Waals surface area contributed by atoms with Crippen molar-refractivity contribution in [2.24, 2.45) is 0 Å². The molecule has 3 aromatic rings. The summed E-state index contributed by atoms with van der Waals surface area (Å²) in [6.45, 7) is 7.06. The first-order chi connectivity index (χ1) is 15.6. The number of nitrogens with one attached hydrogen (secondary N) is 2. The van der Waals surface area contributed by atoms with E-state index in [9.17, 15) is 0 Å². The zero-order valence-electron chi connectivity index (χ0n) is 18.6. The minimum Gasteiger partial charge on any atom is -0.378 e. The lowest BCUT2D eigenvalue weighted by molar-refractivity contribution is 0.122. The topological polar surface area (TPSA) is 75.2 Å². The van der Waals surface area contributed by atoms with Gasteiger partial charge in [-0.05, 0) is 57.0 Å². The van der Waals surface area contributed by atoms with E-state index in [2.05, 4.69) is 51.7 Å². The van der Waals surface area contributed by atoms with Crippen LogP contribution in [0.15, 0.2) is 59.9 Å². The molecule has 2 N–H and O–H groups in total. The third-order valence-electron chi connectivity index (χ3n) is 5.71. The number of anilines is 4. The zero-order chi connectivity index (χ0) is 21.9. The number of benzene rings is 1. The molecule has 2 aliphatic rings. The van der Waals surface area contributed by atoms with Gasteiger partial charge in [0, 0.05) is 53.7 Å². The summed E-state index contributed by atoms with van der Waals surface area (Å²) in [7, 11) is 0. The first-order valence-corrected chi connectivity index (χ1v) is 11.1. The Balaban J connectivity index is 1.45. The first kappa shape index (κ1) is 20.5. The molecule has 2 aromatic heterocycles. The van der Waals surface area contributed by atoms with E-state index in [1.54, 1.807) is 0 Å². The van der Waals surface area contributed by atoms with Crippen LogP contribution in [-0.4, -0.2) is 41.3 Å². The van der Waals surface area contributed by atoms with E-state index in [0.717, 1.165) is 47.2 Å². The lowest BCUT2D eigenvalue weighted by atomic mass is 10.2. The number of aryl methyl sites for hydroxylation is 1. The molecule has 1 saturated heterocycles. The Kier molecular flexibility index (Phi) is 5.73. The molecule has 0 radical (unpaired) electrons. The molecule has 1 aromatic carbocycles. The van der Waals surface area contributed by atoms with Crippen LogP contribution in [0.2, 0.25) is 0 Å². The molecule has 0 bridgehead atoms. The fraction of sp³-hybridized carbons (Fsp3) is 0.320. The summed E-state index contributed by atoms with van der Waals surface area (Å²) in [5.41, 5.74) is 7.60. The standard InChI is InChI=1S/C25H28N6O/c1-17-6-7-20(16-26-17)23-15-24(30-25(29-23)31-10-12-32-13-11-31)28-22-5-3-4-21(14-22)27-18(2)19-8-9-19/h3-7,14-16,27H,8-13H2,1-2H3,(H,28,29,30). The SMILES string of the molecule is CC(Nc1cccc(Nc2cc(-c3ccc(C)nc3)nc(N3CCOCC3)n2)c1)=C1CC1. The number of ether oxygens (including phenoxy) is 1. The Labute approximate surface area is 188 Å². The van der Waals surface area contributed by atoms with Gasteiger partial charge in [-0.3, -0.25) is 4.98 Å². The Morgan fingerprint density at radius 2 is 1.81 bits per heavy atom. The maximum absolute atomic E-state index is 5.51. The molecule has 164 valence electrons. The van der Waals surface area contributed by atoms with Crippen molar-refractivity contribution in [1.82, 2.24) is 15.0 Å². The predicted molar refractivity (Wildman–Crippen MR) is 128 cm³/mol. The van der Waals surface area contributed by atoms with Crippen LogP contribution in [-0.2, 0) is 4.74 Å². The lowest BCUT2D eigenvalue weighted by Gasteiger charge is -2.27. The third kappa shape index (κ3) is 4.89. The van der Waals surface area contributed by atoms with Crippen LogP contribution in [0.25, 0.3) is 11.3 Å². The summed E-state index contributed by atoms with van der Waals surface area (Å²) in [6.07, 6.45) is 4.28. The summed E-state index contributed by atoms with van der Waals surface area (Å²) in [6, 6.07) is 14.3. The average Bonchev–Trinajstić information content (AvgIpc) is 3.66. The molecule has 0 spiro atoms. The van der Waals surface area contributed by atoms with Gasteiger partial charge < -0.3 is 20.3 Å². The van der Waals surface area contributed by atoms with Crippen LogP contribution in [0.3, 0.4) is 0 Å². The van der Waals surface area contributed by atoms with E-state index in [4.69, 9.17) is 14.7 Å². The summed E-state index contributed by atoms with van der Waals surface area (Å²) >= 11 is 0. The van der Waals surface area contributed by atoms with Gasteiger partial charge in [0.15, 0.2) is 0 Å². The average molecular weight is 429 g/mol. The molecular weight excluding hydrogens is 400 g/mol. The third-order valence-corrected chi connectivity index (χ3v) is 5.71. The number of pyridine rings is 1. The maximum Gasteiger partial charge on any atom is 0.228 e. The monoisotopic (exact) mass is 428 g/mol. The highest BCUT2D eigenvalue weighted by Crippen LogP contribution is 2.32. The fourth-order valence-corrected chi connectivity index (χ4v) is 3.74. The summed E-state index contributed by atoms with van der Waals surface area (Å²) < 4.78 is 5.51. The van der Waals surface area contributed by atoms with Crippen LogP contribution in [0.4, 0.5) is 23.1 Å². The molecule has 3 heterocycles. The molecule has 1 aliphatic carbocycles. The number of aromatic nitrogens is 3. The Morgan fingerprint density at radius 1 is 1.00 bits per heavy atom. The van der Waals surface area contributed by atoms with Crippen molar-refractivity contribution in [3.63, 3.8) is 0 Å². The first-order valence-electron chi connectivity index (χ1n) is 11.1. The second kappa shape index (κ2) is 8.96. The molecule has 2 fully saturated rings. The number of nitrogens with zero attached hydrogens (tertiary/aromatic N) is 4. The predicted octanol–water partition coefficient (Wildman–Crippen LogP) is 4.91. The van der Waals surface area contributed by atoms with E-state index >= 15 is 0 Å². The molecule has 1 saturated carbocycles. The van der Waals surface area contributed by atoms with Crippen LogP contribution in [0.5, 0.6) is 0 Å². The molecule has 0 unspecified atom stereocenters. The highest BCUT2D eigenvalue weighted by Gasteiger charge is 2.17. The highest BCUT2D eigenvalue weighted by molar-refractivity contribution is 5.69. The van der Waals surface area contributed by atoms with Gasteiger partial charge in [0.2, 0.25) is 5.95 Å². The molecule has 7 heteroatoms. The van der Waals surface area contributed by atoms with Crippen molar-refractivity contribution in [3.05, 3.63) is 65.6 Å². The summed E-state index contributed by atoms with van der Waals surface area (Å²) in [4.78, 5) is 16.3. The van der Waals surface area contributed by atoms with Gasteiger partial charge >= 0.3 is 0 Å². The maximum atomic E-state index is 5.51. The van der Waals surface area contributed by atoms with Gasteiger partial charge in [0.05, 0.1) is 18.9 Å². The van der Waals surface area contributed by atoms with Gasteiger partial charge in [-0.1, -0.05) is 11.6 Å². The summed E-state index contributed by atoms with van der Waals surface area (Å²) in [5.74, 6) is 1.46. The largest absolute Gasteiger partial charge is 0.378 e. The molecule has 0 amide bonds. The van der Waals surface area contributed by atoms with Crippen molar-refractivity contribution in [2.75, 3.05) is 41.8 Å². The number of rotatable bonds is 6. The van der Waals surface area contributed by atoms with Crippen LogP contribution >= 0.6 is 0 Å². The Bertz CT molecular complexity index is 1130. The van der Waals surface area contributed by atoms with Crippen molar-refractivity contribution in [1.29, 1.82) is 0 Å². The van der Waals surface area contributed by atoms with Crippen molar-refractivity contribution < 1.29 is 4.74 Å². The van der Waals surface area contributed by atoms with E-state index in [-0.39, 0.29) is 0 Å². The Hall–Kier alpha value is -3.45. The van der Waals surface area contributed by atoms with E-state index in [1.807, 2.05) is 31.3 Å². The molecule has 5 rings (SSSR count). The molecular formula is C25H28N6O.